The van der Waals surface area contributed by atoms with Crippen molar-refractivity contribution < 1.29 is 4.79 Å². The molecule has 26 heavy (non-hydrogen) atoms. The fourth-order valence-corrected chi connectivity index (χ4v) is 3.12. The molecule has 0 aromatic heterocycles. The van der Waals surface area contributed by atoms with Crippen LogP contribution >= 0.6 is 0 Å². The standard InChI is InChI=1S/C21H26N4O/c1-22-21(24-14-17-8-3-2-4-9-17)23-13-7-12-20(26)25-15-18-10-5-6-11-19(18)16-25/h2-6,8-11H,7,12-16H2,1H3,(H2,22,23,24). The summed E-state index contributed by atoms with van der Waals surface area (Å²) in [5.41, 5.74) is 3.74. The van der Waals surface area contributed by atoms with Gasteiger partial charge in [-0.15, -0.1) is 0 Å². The first kappa shape index (κ1) is 18.0. The van der Waals surface area contributed by atoms with Gasteiger partial charge in [-0.2, -0.15) is 0 Å². The number of nitrogens with one attached hydrogen (secondary N) is 2. The van der Waals surface area contributed by atoms with Crippen molar-refractivity contribution in [2.24, 2.45) is 4.99 Å². The fraction of sp³-hybridized carbons (Fsp3) is 0.333. The van der Waals surface area contributed by atoms with Gasteiger partial charge in [0.15, 0.2) is 5.96 Å². The molecule has 1 aliphatic rings. The van der Waals surface area contributed by atoms with Gasteiger partial charge in [0.05, 0.1) is 0 Å². The molecule has 136 valence electrons. The van der Waals surface area contributed by atoms with Gasteiger partial charge in [-0.05, 0) is 23.1 Å². The molecule has 1 heterocycles. The molecule has 3 rings (SSSR count). The molecule has 1 amide bonds. The molecule has 2 aromatic carbocycles. The Morgan fingerprint density at radius 3 is 2.31 bits per heavy atom. The molecule has 5 heteroatoms. The van der Waals surface area contributed by atoms with E-state index in [0.29, 0.717) is 6.42 Å². The van der Waals surface area contributed by atoms with Crippen molar-refractivity contribution in [1.82, 2.24) is 15.5 Å². The number of rotatable bonds is 6. The van der Waals surface area contributed by atoms with Crippen molar-refractivity contribution in [1.29, 1.82) is 0 Å². The van der Waals surface area contributed by atoms with Crippen LogP contribution in [0.25, 0.3) is 0 Å². The Morgan fingerprint density at radius 1 is 1.00 bits per heavy atom. The number of nitrogens with zero attached hydrogens (tertiary/aromatic N) is 2. The summed E-state index contributed by atoms with van der Waals surface area (Å²) in [6, 6.07) is 18.5. The molecule has 2 N–H and O–H groups in total. The summed E-state index contributed by atoms with van der Waals surface area (Å²) in [7, 11) is 1.76. The first-order valence-corrected chi connectivity index (χ1v) is 9.09. The summed E-state index contributed by atoms with van der Waals surface area (Å²) in [4.78, 5) is 18.6. The molecule has 0 radical (unpaired) electrons. The number of amides is 1. The molecule has 5 nitrogen and oxygen atoms in total. The first-order chi connectivity index (χ1) is 12.8. The molecule has 0 saturated carbocycles. The monoisotopic (exact) mass is 350 g/mol. The van der Waals surface area contributed by atoms with Crippen molar-refractivity contribution in [3.8, 4) is 0 Å². The zero-order valence-corrected chi connectivity index (χ0v) is 15.2. The van der Waals surface area contributed by atoms with Gasteiger partial charge in [-0.25, -0.2) is 0 Å². The maximum Gasteiger partial charge on any atom is 0.223 e. The highest BCUT2D eigenvalue weighted by Crippen LogP contribution is 2.22. The van der Waals surface area contributed by atoms with Crippen LogP contribution in [0.1, 0.15) is 29.5 Å². The van der Waals surface area contributed by atoms with Crippen molar-refractivity contribution in [3.05, 3.63) is 71.3 Å². The van der Waals surface area contributed by atoms with Crippen molar-refractivity contribution in [3.63, 3.8) is 0 Å². The van der Waals surface area contributed by atoms with Crippen LogP contribution in [-0.2, 0) is 24.4 Å². The van der Waals surface area contributed by atoms with E-state index < -0.39 is 0 Å². The second kappa shape index (κ2) is 9.04. The molecule has 2 aromatic rings. The number of aliphatic imine (C=N–C) groups is 1. The van der Waals surface area contributed by atoms with Gasteiger partial charge in [0.1, 0.15) is 0 Å². The van der Waals surface area contributed by atoms with E-state index in [0.717, 1.165) is 38.6 Å². The van der Waals surface area contributed by atoms with Gasteiger partial charge in [0.25, 0.3) is 0 Å². The van der Waals surface area contributed by atoms with Gasteiger partial charge < -0.3 is 15.5 Å². The van der Waals surface area contributed by atoms with Gasteiger partial charge >= 0.3 is 0 Å². The lowest BCUT2D eigenvalue weighted by molar-refractivity contribution is -0.131. The van der Waals surface area contributed by atoms with Crippen LogP contribution in [0.15, 0.2) is 59.6 Å². The molecular formula is C21H26N4O. The maximum absolute atomic E-state index is 12.4. The van der Waals surface area contributed by atoms with Crippen LogP contribution in [0.4, 0.5) is 0 Å². The summed E-state index contributed by atoms with van der Waals surface area (Å²) in [6.07, 6.45) is 1.34. The van der Waals surface area contributed by atoms with Crippen LogP contribution in [0.2, 0.25) is 0 Å². The van der Waals surface area contributed by atoms with Crippen molar-refractivity contribution in [2.45, 2.75) is 32.5 Å². The number of guanidine groups is 1. The highest BCUT2D eigenvalue weighted by atomic mass is 16.2. The summed E-state index contributed by atoms with van der Waals surface area (Å²) in [5, 5.41) is 6.56. The molecule has 0 bridgehead atoms. The second-order valence-corrected chi connectivity index (χ2v) is 6.46. The Labute approximate surface area is 155 Å². The number of carbonyl (C=O) groups is 1. The summed E-state index contributed by atoms with van der Waals surface area (Å²) < 4.78 is 0. The number of fused-ring (bicyclic) bond motifs is 1. The van der Waals surface area contributed by atoms with Crippen LogP contribution in [0, 0.1) is 0 Å². The second-order valence-electron chi connectivity index (χ2n) is 6.46. The van der Waals surface area contributed by atoms with Crippen LogP contribution in [0.5, 0.6) is 0 Å². The fourth-order valence-electron chi connectivity index (χ4n) is 3.12. The lowest BCUT2D eigenvalue weighted by atomic mass is 10.1. The Kier molecular flexibility index (Phi) is 6.25. The minimum Gasteiger partial charge on any atom is -0.356 e. The smallest absolute Gasteiger partial charge is 0.223 e. The zero-order valence-electron chi connectivity index (χ0n) is 15.2. The minimum absolute atomic E-state index is 0.218. The SMILES string of the molecule is CN=C(NCCCC(=O)N1Cc2ccccc2C1)NCc1ccccc1. The minimum atomic E-state index is 0.218. The molecule has 0 unspecified atom stereocenters. The third-order valence-corrected chi connectivity index (χ3v) is 4.58. The third-order valence-electron chi connectivity index (χ3n) is 4.58. The lowest BCUT2D eigenvalue weighted by Gasteiger charge is -2.16. The highest BCUT2D eigenvalue weighted by Gasteiger charge is 2.22. The van der Waals surface area contributed by atoms with E-state index in [9.17, 15) is 4.79 Å². The quantitative estimate of drug-likeness (QED) is 0.478. The van der Waals surface area contributed by atoms with Crippen LogP contribution in [0.3, 0.4) is 0 Å². The predicted molar refractivity (Wildman–Crippen MR) is 105 cm³/mol. The largest absolute Gasteiger partial charge is 0.356 e. The topological polar surface area (TPSA) is 56.7 Å². The molecule has 0 aliphatic carbocycles. The lowest BCUT2D eigenvalue weighted by Crippen LogP contribution is -2.37. The number of hydrogen-bond donors (Lipinski definition) is 2. The van der Waals surface area contributed by atoms with Crippen molar-refractivity contribution >= 4 is 11.9 Å². The zero-order chi connectivity index (χ0) is 18.2. The molecule has 0 spiro atoms. The molecule has 0 atom stereocenters. The third kappa shape index (κ3) is 4.85. The van der Waals surface area contributed by atoms with E-state index in [4.69, 9.17) is 0 Å². The predicted octanol–water partition coefficient (Wildman–Crippen LogP) is 2.67. The van der Waals surface area contributed by atoms with Gasteiger partial charge in [-0.3, -0.25) is 9.79 Å². The van der Waals surface area contributed by atoms with E-state index in [1.807, 2.05) is 35.2 Å². The van der Waals surface area contributed by atoms with E-state index in [-0.39, 0.29) is 5.91 Å². The highest BCUT2D eigenvalue weighted by molar-refractivity contribution is 5.80. The van der Waals surface area contributed by atoms with Gasteiger partial charge in [0, 0.05) is 39.6 Å². The Bertz CT molecular complexity index is 733. The average molecular weight is 350 g/mol. The molecule has 1 aliphatic heterocycles. The molecule has 0 fully saturated rings. The number of benzene rings is 2. The Balaban J connectivity index is 1.35. The van der Waals surface area contributed by atoms with E-state index in [1.54, 1.807) is 7.05 Å². The Hall–Kier alpha value is -2.82. The molecular weight excluding hydrogens is 324 g/mol. The van der Waals surface area contributed by atoms with E-state index in [2.05, 4.69) is 39.9 Å². The van der Waals surface area contributed by atoms with Gasteiger partial charge in [-0.1, -0.05) is 54.6 Å². The number of carbonyl (C=O) groups excluding carboxylic acids is 1. The maximum atomic E-state index is 12.4. The van der Waals surface area contributed by atoms with E-state index >= 15 is 0 Å². The van der Waals surface area contributed by atoms with Crippen LogP contribution < -0.4 is 10.6 Å². The summed E-state index contributed by atoms with van der Waals surface area (Å²) in [6.45, 7) is 2.93. The number of hydrogen-bond acceptors (Lipinski definition) is 2. The summed E-state index contributed by atoms with van der Waals surface area (Å²) >= 11 is 0. The average Bonchev–Trinajstić information content (AvgIpc) is 3.12. The van der Waals surface area contributed by atoms with E-state index in [1.165, 1.54) is 16.7 Å². The first-order valence-electron chi connectivity index (χ1n) is 9.09. The van der Waals surface area contributed by atoms with Gasteiger partial charge in [0.2, 0.25) is 5.91 Å². The normalized spacial score (nSPS) is 13.4. The van der Waals surface area contributed by atoms with Crippen LogP contribution in [-0.4, -0.2) is 30.4 Å². The van der Waals surface area contributed by atoms with Crippen molar-refractivity contribution in [2.75, 3.05) is 13.6 Å². The molecule has 0 saturated heterocycles. The Morgan fingerprint density at radius 2 is 1.65 bits per heavy atom. The summed E-state index contributed by atoms with van der Waals surface area (Å²) in [5.74, 6) is 0.977.